The molecule has 0 fully saturated rings. The quantitative estimate of drug-likeness (QED) is 0.456. The Morgan fingerprint density at radius 3 is 2.65 bits per heavy atom. The second-order valence-corrected chi connectivity index (χ2v) is 7.16. The fourth-order valence-electron chi connectivity index (χ4n) is 2.69. The van der Waals surface area contributed by atoms with Crippen molar-refractivity contribution in [2.75, 3.05) is 18.1 Å². The molecule has 0 saturated heterocycles. The number of thioether (sulfide) groups is 1. The zero-order chi connectivity index (χ0) is 18.4. The summed E-state index contributed by atoms with van der Waals surface area (Å²) in [5, 5.41) is 24.8. The van der Waals surface area contributed by atoms with Crippen molar-refractivity contribution >= 4 is 17.7 Å². The first-order valence-electron chi connectivity index (χ1n) is 8.72. The molecular formula is C17H24N8S. The Morgan fingerprint density at radius 1 is 1.12 bits per heavy atom. The van der Waals surface area contributed by atoms with E-state index in [4.69, 9.17) is 0 Å². The molecule has 0 aliphatic carbocycles. The molecule has 3 aromatic rings. The molecule has 0 unspecified atom stereocenters. The second-order valence-electron chi connectivity index (χ2n) is 6.39. The Balaban J connectivity index is 1.57. The first kappa shape index (κ1) is 18.4. The van der Waals surface area contributed by atoms with Gasteiger partial charge in [-0.15, -0.1) is 10.2 Å². The summed E-state index contributed by atoms with van der Waals surface area (Å²) in [5.41, 5.74) is 0.932. The highest BCUT2D eigenvalue weighted by Gasteiger charge is 2.13. The highest BCUT2D eigenvalue weighted by Crippen LogP contribution is 2.17. The summed E-state index contributed by atoms with van der Waals surface area (Å²) in [6, 6.07) is 9.84. The smallest absolute Gasteiger partial charge is 0.247 e. The van der Waals surface area contributed by atoms with E-state index >= 15 is 0 Å². The van der Waals surface area contributed by atoms with Crippen LogP contribution >= 0.6 is 11.8 Å². The number of nitrogens with zero attached hydrogens (tertiary/aromatic N) is 7. The number of aryl methyl sites for hydroxylation is 1. The summed E-state index contributed by atoms with van der Waals surface area (Å²) in [7, 11) is 0. The molecule has 0 aliphatic rings. The average molecular weight is 373 g/mol. The highest BCUT2D eigenvalue weighted by atomic mass is 32.2. The molecule has 1 N–H and O–H groups in total. The number of tetrazole rings is 1. The minimum atomic E-state index is 0.560. The molecule has 0 spiro atoms. The van der Waals surface area contributed by atoms with Gasteiger partial charge in [-0.25, -0.2) is 0 Å². The Bertz CT molecular complexity index is 811. The highest BCUT2D eigenvalue weighted by molar-refractivity contribution is 7.98. The van der Waals surface area contributed by atoms with Gasteiger partial charge in [-0.2, -0.15) is 4.68 Å². The Morgan fingerprint density at radius 2 is 1.92 bits per heavy atom. The van der Waals surface area contributed by atoms with Crippen molar-refractivity contribution in [1.29, 1.82) is 0 Å². The van der Waals surface area contributed by atoms with Crippen molar-refractivity contribution in [2.45, 2.75) is 38.4 Å². The zero-order valence-electron chi connectivity index (χ0n) is 15.3. The normalized spacial score (nSPS) is 11.2. The topological polar surface area (TPSA) is 86.3 Å². The molecule has 0 bridgehead atoms. The van der Waals surface area contributed by atoms with Gasteiger partial charge in [0.25, 0.3) is 0 Å². The number of rotatable bonds is 9. The van der Waals surface area contributed by atoms with Crippen LogP contribution in [-0.4, -0.2) is 47.8 Å². The number of anilines is 1. The Hall–Kier alpha value is -2.42. The summed E-state index contributed by atoms with van der Waals surface area (Å²) in [6.45, 7) is 6.12. The van der Waals surface area contributed by atoms with Gasteiger partial charge in [0.2, 0.25) is 5.95 Å². The molecule has 0 radical (unpaired) electrons. The van der Waals surface area contributed by atoms with Gasteiger partial charge in [0.1, 0.15) is 5.82 Å². The second kappa shape index (κ2) is 8.79. The van der Waals surface area contributed by atoms with Crippen LogP contribution in [0.4, 0.5) is 5.95 Å². The molecule has 3 rings (SSSR count). The van der Waals surface area contributed by atoms with Gasteiger partial charge in [-0.3, -0.25) is 0 Å². The van der Waals surface area contributed by atoms with Gasteiger partial charge in [-0.1, -0.05) is 48.9 Å². The molecule has 138 valence electrons. The van der Waals surface area contributed by atoms with Gasteiger partial charge in [0.15, 0.2) is 5.16 Å². The number of nitrogens with one attached hydrogen (secondary N) is 1. The third-order valence-corrected chi connectivity index (χ3v) is 4.52. The van der Waals surface area contributed by atoms with Gasteiger partial charge in [-0.05, 0) is 41.2 Å². The van der Waals surface area contributed by atoms with Crippen LogP contribution in [0, 0.1) is 5.92 Å². The largest absolute Gasteiger partial charge is 0.353 e. The summed E-state index contributed by atoms with van der Waals surface area (Å²) in [6.07, 6.45) is 3.82. The van der Waals surface area contributed by atoms with Gasteiger partial charge >= 0.3 is 0 Å². The minimum absolute atomic E-state index is 0.560. The van der Waals surface area contributed by atoms with Crippen LogP contribution in [0.15, 0.2) is 35.5 Å². The molecule has 0 saturated carbocycles. The van der Waals surface area contributed by atoms with Crippen molar-refractivity contribution < 1.29 is 0 Å². The van der Waals surface area contributed by atoms with E-state index in [9.17, 15) is 0 Å². The molecule has 9 heteroatoms. The molecule has 26 heavy (non-hydrogen) atoms. The van der Waals surface area contributed by atoms with E-state index in [1.54, 1.807) is 16.4 Å². The number of para-hydroxylation sites is 1. The van der Waals surface area contributed by atoms with Gasteiger partial charge < -0.3 is 9.88 Å². The van der Waals surface area contributed by atoms with E-state index in [1.165, 1.54) is 0 Å². The monoisotopic (exact) mass is 372 g/mol. The fourth-order valence-corrected chi connectivity index (χ4v) is 3.21. The van der Waals surface area contributed by atoms with Crippen molar-refractivity contribution in [1.82, 2.24) is 35.0 Å². The number of aromatic nitrogens is 7. The van der Waals surface area contributed by atoms with E-state index in [2.05, 4.69) is 49.5 Å². The van der Waals surface area contributed by atoms with Crippen LogP contribution in [0.25, 0.3) is 5.69 Å². The fraction of sp³-hybridized carbons (Fsp3) is 0.471. The summed E-state index contributed by atoms with van der Waals surface area (Å²) < 4.78 is 3.93. The molecule has 2 aromatic heterocycles. The lowest BCUT2D eigenvalue weighted by molar-refractivity contribution is 0.478. The summed E-state index contributed by atoms with van der Waals surface area (Å²) >= 11 is 1.64. The number of hydrogen-bond acceptors (Lipinski definition) is 7. The SMILES string of the molecule is CSc1nnc(CCCNc2nnnn2-c2ccccc2)n1CC(C)C. The minimum Gasteiger partial charge on any atom is -0.353 e. The predicted molar refractivity (Wildman–Crippen MR) is 103 cm³/mol. The van der Waals surface area contributed by atoms with Crippen LogP contribution < -0.4 is 5.32 Å². The lowest BCUT2D eigenvalue weighted by Gasteiger charge is -2.12. The maximum atomic E-state index is 4.36. The van der Waals surface area contributed by atoms with Gasteiger partial charge in [0, 0.05) is 19.5 Å². The van der Waals surface area contributed by atoms with E-state index in [0.29, 0.717) is 11.9 Å². The van der Waals surface area contributed by atoms with Gasteiger partial charge in [0.05, 0.1) is 5.69 Å². The lowest BCUT2D eigenvalue weighted by atomic mass is 10.2. The first-order valence-corrected chi connectivity index (χ1v) is 9.95. The van der Waals surface area contributed by atoms with Crippen LogP contribution in [0.5, 0.6) is 0 Å². The van der Waals surface area contributed by atoms with E-state index in [1.807, 2.05) is 36.6 Å². The van der Waals surface area contributed by atoms with Crippen molar-refractivity contribution in [2.24, 2.45) is 5.92 Å². The molecule has 2 heterocycles. The maximum absolute atomic E-state index is 4.36. The third-order valence-electron chi connectivity index (χ3n) is 3.85. The standard InChI is InChI=1S/C17H24N8S/c1-13(2)12-24-15(19-21-17(24)26-3)10-7-11-18-16-20-22-23-25(16)14-8-5-4-6-9-14/h4-6,8-9,13H,7,10-12H2,1-3H3,(H,18,20,23). The van der Waals surface area contributed by atoms with Crippen molar-refractivity contribution in [3.8, 4) is 5.69 Å². The Kier molecular flexibility index (Phi) is 6.21. The van der Waals surface area contributed by atoms with E-state index in [-0.39, 0.29) is 0 Å². The van der Waals surface area contributed by atoms with Crippen LogP contribution in [0.1, 0.15) is 26.1 Å². The van der Waals surface area contributed by atoms with E-state index in [0.717, 1.165) is 42.6 Å². The maximum Gasteiger partial charge on any atom is 0.247 e. The van der Waals surface area contributed by atoms with Crippen LogP contribution in [0.2, 0.25) is 0 Å². The first-order chi connectivity index (χ1) is 12.7. The molecule has 1 aromatic carbocycles. The molecule has 0 amide bonds. The van der Waals surface area contributed by atoms with Crippen molar-refractivity contribution in [3.05, 3.63) is 36.2 Å². The predicted octanol–water partition coefficient (Wildman–Crippen LogP) is 2.68. The molecule has 0 aliphatic heterocycles. The summed E-state index contributed by atoms with van der Waals surface area (Å²) in [5.74, 6) is 2.24. The number of hydrogen-bond donors (Lipinski definition) is 1. The van der Waals surface area contributed by atoms with Crippen LogP contribution in [0.3, 0.4) is 0 Å². The van der Waals surface area contributed by atoms with Crippen molar-refractivity contribution in [3.63, 3.8) is 0 Å². The molecular weight excluding hydrogens is 348 g/mol. The number of benzene rings is 1. The van der Waals surface area contributed by atoms with Crippen LogP contribution in [-0.2, 0) is 13.0 Å². The zero-order valence-corrected chi connectivity index (χ0v) is 16.1. The van der Waals surface area contributed by atoms with E-state index < -0.39 is 0 Å². The lowest BCUT2D eigenvalue weighted by Crippen LogP contribution is -2.13. The Labute approximate surface area is 157 Å². The third kappa shape index (κ3) is 4.40. The molecule has 0 atom stereocenters. The molecule has 8 nitrogen and oxygen atoms in total. The summed E-state index contributed by atoms with van der Waals surface area (Å²) in [4.78, 5) is 0. The average Bonchev–Trinajstić information content (AvgIpc) is 3.26.